The lowest BCUT2D eigenvalue weighted by molar-refractivity contribution is 0.0935. The highest BCUT2D eigenvalue weighted by Crippen LogP contribution is 2.21. The summed E-state index contributed by atoms with van der Waals surface area (Å²) in [6, 6.07) is 13.0. The number of aromatic nitrogens is 5. The number of benzene rings is 1. The van der Waals surface area contributed by atoms with Crippen molar-refractivity contribution in [3.63, 3.8) is 0 Å². The zero-order chi connectivity index (χ0) is 18.8. The molecule has 4 rings (SSSR count). The van der Waals surface area contributed by atoms with Gasteiger partial charge in [0, 0.05) is 6.07 Å². The second-order valence-corrected chi connectivity index (χ2v) is 6.20. The van der Waals surface area contributed by atoms with Crippen molar-refractivity contribution in [2.24, 2.45) is 0 Å². The van der Waals surface area contributed by atoms with E-state index >= 15 is 0 Å². The first-order valence-electron chi connectivity index (χ1n) is 8.48. The third kappa shape index (κ3) is 3.50. The highest BCUT2D eigenvalue weighted by Gasteiger charge is 2.16. The summed E-state index contributed by atoms with van der Waals surface area (Å²) in [5.74, 6) is 1.19. The van der Waals surface area contributed by atoms with Gasteiger partial charge in [-0.15, -0.1) is 0 Å². The second kappa shape index (κ2) is 6.91. The third-order valence-corrected chi connectivity index (χ3v) is 4.24. The van der Waals surface area contributed by atoms with E-state index in [0.29, 0.717) is 17.1 Å². The van der Waals surface area contributed by atoms with Crippen LogP contribution in [-0.4, -0.2) is 30.9 Å². The van der Waals surface area contributed by atoms with Crippen LogP contribution in [0.2, 0.25) is 0 Å². The van der Waals surface area contributed by atoms with Gasteiger partial charge in [0.1, 0.15) is 24.1 Å². The van der Waals surface area contributed by atoms with Crippen molar-refractivity contribution < 1.29 is 9.21 Å². The minimum Gasteiger partial charge on any atom is -0.460 e. The Bertz CT molecular complexity index is 1050. The molecule has 8 nitrogen and oxygen atoms in total. The molecular weight excluding hydrogens is 344 g/mol. The number of aromatic amines is 1. The van der Waals surface area contributed by atoms with Crippen LogP contribution in [0.5, 0.6) is 0 Å². The largest absolute Gasteiger partial charge is 0.460 e. The standard InChI is InChI=1S/C19H18N6O2/c1-12-3-8-18(27-12)16-9-17(24-23-16)19(26)22-13(2)14-4-6-15(7-5-14)25-11-20-10-21-25/h3-11,13H,1-2H3,(H,22,26)(H,23,24)/t13-/m1/s1. The summed E-state index contributed by atoms with van der Waals surface area (Å²) >= 11 is 0. The third-order valence-electron chi connectivity index (χ3n) is 4.24. The monoisotopic (exact) mass is 362 g/mol. The zero-order valence-electron chi connectivity index (χ0n) is 14.9. The lowest BCUT2D eigenvalue weighted by Crippen LogP contribution is -2.26. The van der Waals surface area contributed by atoms with Gasteiger partial charge in [0.05, 0.1) is 11.7 Å². The SMILES string of the molecule is Cc1ccc(-c2cc(C(=O)N[C@H](C)c3ccc(-n4cncn4)cc3)n[nH]2)o1. The van der Waals surface area contributed by atoms with Crippen LogP contribution in [0.3, 0.4) is 0 Å². The van der Waals surface area contributed by atoms with Gasteiger partial charge in [-0.2, -0.15) is 10.2 Å². The van der Waals surface area contributed by atoms with Gasteiger partial charge in [0.2, 0.25) is 0 Å². The van der Waals surface area contributed by atoms with Crippen LogP contribution in [0.25, 0.3) is 17.1 Å². The number of hydrogen-bond acceptors (Lipinski definition) is 5. The predicted octanol–water partition coefficient (Wildman–Crippen LogP) is 3.05. The van der Waals surface area contributed by atoms with E-state index in [4.69, 9.17) is 4.42 Å². The number of carbonyl (C=O) groups is 1. The van der Waals surface area contributed by atoms with Crippen LogP contribution in [-0.2, 0) is 0 Å². The van der Waals surface area contributed by atoms with Crippen molar-refractivity contribution >= 4 is 5.91 Å². The maximum Gasteiger partial charge on any atom is 0.272 e. The number of aryl methyl sites for hydroxylation is 1. The van der Waals surface area contributed by atoms with Crippen molar-refractivity contribution in [1.82, 2.24) is 30.3 Å². The van der Waals surface area contributed by atoms with E-state index in [2.05, 4.69) is 25.6 Å². The van der Waals surface area contributed by atoms with E-state index in [1.807, 2.05) is 50.2 Å². The number of nitrogens with zero attached hydrogens (tertiary/aromatic N) is 4. The fourth-order valence-corrected chi connectivity index (χ4v) is 2.75. The molecule has 0 bridgehead atoms. The molecule has 3 aromatic heterocycles. The summed E-state index contributed by atoms with van der Waals surface area (Å²) < 4.78 is 7.22. The molecule has 0 saturated carbocycles. The van der Waals surface area contributed by atoms with Crippen LogP contribution < -0.4 is 5.32 Å². The minimum absolute atomic E-state index is 0.173. The summed E-state index contributed by atoms with van der Waals surface area (Å²) in [4.78, 5) is 16.4. The molecule has 0 aliphatic carbocycles. The summed E-state index contributed by atoms with van der Waals surface area (Å²) in [5.41, 5.74) is 2.85. The first-order chi connectivity index (χ1) is 13.1. The van der Waals surface area contributed by atoms with E-state index < -0.39 is 0 Å². The molecule has 0 saturated heterocycles. The average Bonchev–Trinajstić information content (AvgIpc) is 3.43. The highest BCUT2D eigenvalue weighted by atomic mass is 16.3. The first-order valence-corrected chi connectivity index (χ1v) is 8.48. The molecule has 4 aromatic rings. The smallest absolute Gasteiger partial charge is 0.272 e. The van der Waals surface area contributed by atoms with Crippen molar-refractivity contribution in [3.8, 4) is 17.1 Å². The Balaban J connectivity index is 1.44. The lowest BCUT2D eigenvalue weighted by atomic mass is 10.1. The van der Waals surface area contributed by atoms with Gasteiger partial charge in [-0.1, -0.05) is 12.1 Å². The Kier molecular flexibility index (Phi) is 4.29. The first kappa shape index (κ1) is 16.8. The molecule has 0 aliphatic heterocycles. The number of nitrogens with one attached hydrogen (secondary N) is 2. The van der Waals surface area contributed by atoms with Crippen LogP contribution in [0, 0.1) is 6.92 Å². The van der Waals surface area contributed by atoms with Crippen LogP contribution in [0.1, 0.15) is 34.8 Å². The molecular formula is C19H18N6O2. The van der Waals surface area contributed by atoms with E-state index in [0.717, 1.165) is 17.0 Å². The summed E-state index contributed by atoms with van der Waals surface area (Å²) in [7, 11) is 0. The molecule has 136 valence electrons. The van der Waals surface area contributed by atoms with Crippen molar-refractivity contribution in [2.75, 3.05) is 0 Å². The maximum absolute atomic E-state index is 12.5. The van der Waals surface area contributed by atoms with Gasteiger partial charge < -0.3 is 9.73 Å². The number of H-pyrrole nitrogens is 1. The van der Waals surface area contributed by atoms with Gasteiger partial charge in [-0.25, -0.2) is 9.67 Å². The molecule has 1 atom stereocenters. The number of hydrogen-bond donors (Lipinski definition) is 2. The van der Waals surface area contributed by atoms with Crippen molar-refractivity contribution in [3.05, 3.63) is 72.1 Å². The molecule has 1 amide bonds. The highest BCUT2D eigenvalue weighted by molar-refractivity contribution is 5.93. The van der Waals surface area contributed by atoms with Crippen molar-refractivity contribution in [1.29, 1.82) is 0 Å². The fourth-order valence-electron chi connectivity index (χ4n) is 2.75. The normalized spacial score (nSPS) is 12.1. The number of carbonyl (C=O) groups excluding carboxylic acids is 1. The maximum atomic E-state index is 12.5. The van der Waals surface area contributed by atoms with Gasteiger partial charge in [-0.3, -0.25) is 9.89 Å². The molecule has 1 aromatic carbocycles. The van der Waals surface area contributed by atoms with Gasteiger partial charge >= 0.3 is 0 Å². The average molecular weight is 362 g/mol. The number of rotatable bonds is 5. The van der Waals surface area contributed by atoms with E-state index in [1.165, 1.54) is 6.33 Å². The van der Waals surface area contributed by atoms with E-state index in [-0.39, 0.29) is 11.9 Å². The molecule has 3 heterocycles. The molecule has 8 heteroatoms. The quantitative estimate of drug-likeness (QED) is 0.568. The summed E-state index contributed by atoms with van der Waals surface area (Å²) in [5, 5.41) is 14.0. The summed E-state index contributed by atoms with van der Waals surface area (Å²) in [6.45, 7) is 3.79. The van der Waals surface area contributed by atoms with Gasteiger partial charge in [0.25, 0.3) is 5.91 Å². The van der Waals surface area contributed by atoms with Gasteiger partial charge in [-0.05, 0) is 43.7 Å². The molecule has 27 heavy (non-hydrogen) atoms. The number of furan rings is 1. The lowest BCUT2D eigenvalue weighted by Gasteiger charge is -2.14. The number of amides is 1. The fraction of sp³-hybridized carbons (Fsp3) is 0.158. The molecule has 0 spiro atoms. The molecule has 0 unspecified atom stereocenters. The predicted molar refractivity (Wildman–Crippen MR) is 98.3 cm³/mol. The Morgan fingerprint density at radius 1 is 1.22 bits per heavy atom. The van der Waals surface area contributed by atoms with Crippen LogP contribution >= 0.6 is 0 Å². The Hall–Kier alpha value is -3.68. The Morgan fingerprint density at radius 3 is 2.70 bits per heavy atom. The van der Waals surface area contributed by atoms with Crippen molar-refractivity contribution in [2.45, 2.75) is 19.9 Å². The van der Waals surface area contributed by atoms with Crippen LogP contribution in [0.15, 0.2) is 59.5 Å². The van der Waals surface area contributed by atoms with E-state index in [1.54, 1.807) is 17.1 Å². The minimum atomic E-state index is -0.256. The zero-order valence-corrected chi connectivity index (χ0v) is 14.9. The molecule has 2 N–H and O–H groups in total. The van der Waals surface area contributed by atoms with Gasteiger partial charge in [0.15, 0.2) is 11.5 Å². The second-order valence-electron chi connectivity index (χ2n) is 6.20. The Labute approximate surface area is 155 Å². The molecule has 0 fully saturated rings. The molecule has 0 radical (unpaired) electrons. The molecule has 0 aliphatic rings. The van der Waals surface area contributed by atoms with Crippen LogP contribution in [0.4, 0.5) is 0 Å². The summed E-state index contributed by atoms with van der Waals surface area (Å²) in [6.07, 6.45) is 3.12. The topological polar surface area (TPSA) is 102 Å². The Morgan fingerprint density at radius 2 is 2.04 bits per heavy atom. The van der Waals surface area contributed by atoms with E-state index in [9.17, 15) is 4.79 Å².